The first-order valence-corrected chi connectivity index (χ1v) is 6.58. The lowest BCUT2D eigenvalue weighted by Gasteiger charge is -2.23. The molecule has 1 atom stereocenters. The quantitative estimate of drug-likeness (QED) is 0.780. The van der Waals surface area contributed by atoms with Gasteiger partial charge in [-0.05, 0) is 34.1 Å². The zero-order chi connectivity index (χ0) is 14.8. The second-order valence-corrected chi connectivity index (χ2v) is 5.25. The van der Waals surface area contributed by atoms with Crippen LogP contribution in [0.2, 0.25) is 0 Å². The molecule has 3 N–H and O–H groups in total. The van der Waals surface area contributed by atoms with Crippen molar-refractivity contribution >= 4 is 33.6 Å². The molecule has 1 fully saturated rings. The Morgan fingerprint density at radius 1 is 1.45 bits per heavy atom. The molecule has 1 aliphatic heterocycles. The van der Waals surface area contributed by atoms with E-state index in [0.717, 1.165) is 6.07 Å². The van der Waals surface area contributed by atoms with Crippen molar-refractivity contribution in [1.82, 2.24) is 5.32 Å². The Morgan fingerprint density at radius 3 is 2.80 bits per heavy atom. The van der Waals surface area contributed by atoms with Gasteiger partial charge in [-0.2, -0.15) is 0 Å². The highest BCUT2D eigenvalue weighted by molar-refractivity contribution is 9.10. The fourth-order valence-corrected chi connectivity index (χ4v) is 2.20. The van der Waals surface area contributed by atoms with Crippen LogP contribution in [0, 0.1) is 5.82 Å². The molecular formula is C12H12BrFN2O4. The number of carboxylic acids is 1. The highest BCUT2D eigenvalue weighted by Crippen LogP contribution is 2.24. The average molecular weight is 347 g/mol. The lowest BCUT2D eigenvalue weighted by Crippen LogP contribution is -2.56. The second kappa shape index (κ2) is 5.76. The van der Waals surface area contributed by atoms with Crippen LogP contribution >= 0.6 is 15.9 Å². The van der Waals surface area contributed by atoms with Crippen LogP contribution in [-0.4, -0.2) is 35.9 Å². The summed E-state index contributed by atoms with van der Waals surface area (Å²) in [5, 5.41) is 14.0. The summed E-state index contributed by atoms with van der Waals surface area (Å²) in [5.74, 6) is -1.68. The Kier molecular flexibility index (Phi) is 4.24. The minimum Gasteiger partial charge on any atom is -0.479 e. The number of halogens is 2. The Morgan fingerprint density at radius 2 is 2.20 bits per heavy atom. The molecule has 108 valence electrons. The molecule has 2 amide bonds. The molecule has 0 bridgehead atoms. The van der Waals surface area contributed by atoms with Crippen LogP contribution < -0.4 is 10.6 Å². The monoisotopic (exact) mass is 346 g/mol. The van der Waals surface area contributed by atoms with Crippen molar-refractivity contribution in [2.75, 3.05) is 18.5 Å². The number of nitrogens with one attached hydrogen (secondary N) is 2. The standard InChI is InChI=1S/C12H12BrFN2O4/c13-8-2-1-7(14)5-9(8)15-11(19)16-12(10(17)18)3-4-20-6-12/h1-2,5H,3-4,6H2,(H,17,18)(H2,15,16,19). The Balaban J connectivity index is 2.08. The third-order valence-electron chi connectivity index (χ3n) is 2.96. The number of aliphatic carboxylic acids is 1. The van der Waals surface area contributed by atoms with Crippen molar-refractivity contribution in [3.63, 3.8) is 0 Å². The number of hydrogen-bond acceptors (Lipinski definition) is 3. The van der Waals surface area contributed by atoms with E-state index in [2.05, 4.69) is 26.6 Å². The van der Waals surface area contributed by atoms with Gasteiger partial charge in [0.1, 0.15) is 5.82 Å². The number of anilines is 1. The van der Waals surface area contributed by atoms with E-state index in [1.165, 1.54) is 12.1 Å². The molecule has 1 heterocycles. The highest BCUT2D eigenvalue weighted by atomic mass is 79.9. The van der Waals surface area contributed by atoms with Gasteiger partial charge in [0.05, 0.1) is 12.3 Å². The molecule has 0 aliphatic carbocycles. The van der Waals surface area contributed by atoms with Crippen molar-refractivity contribution in [1.29, 1.82) is 0 Å². The maximum absolute atomic E-state index is 13.1. The minimum atomic E-state index is -1.44. The van der Waals surface area contributed by atoms with E-state index in [9.17, 15) is 19.1 Å². The molecule has 0 aromatic heterocycles. The molecule has 1 aromatic rings. The van der Waals surface area contributed by atoms with Gasteiger partial charge < -0.3 is 20.5 Å². The van der Waals surface area contributed by atoms with Gasteiger partial charge in [0, 0.05) is 17.5 Å². The van der Waals surface area contributed by atoms with Crippen molar-refractivity contribution in [3.05, 3.63) is 28.5 Å². The first-order valence-electron chi connectivity index (χ1n) is 5.78. The first kappa shape index (κ1) is 14.7. The molecule has 2 rings (SSSR count). The third kappa shape index (κ3) is 3.07. The second-order valence-electron chi connectivity index (χ2n) is 4.39. The maximum atomic E-state index is 13.1. The minimum absolute atomic E-state index is 0.0971. The van der Waals surface area contributed by atoms with E-state index >= 15 is 0 Å². The first-order chi connectivity index (χ1) is 9.43. The van der Waals surface area contributed by atoms with Crippen molar-refractivity contribution in [3.8, 4) is 0 Å². The average Bonchev–Trinajstić information content (AvgIpc) is 2.83. The number of carboxylic acid groups (broad SMARTS) is 1. The molecule has 0 radical (unpaired) electrons. The molecule has 1 unspecified atom stereocenters. The Bertz CT molecular complexity index is 546. The van der Waals surface area contributed by atoms with Gasteiger partial charge >= 0.3 is 12.0 Å². The van der Waals surface area contributed by atoms with Crippen LogP contribution in [0.15, 0.2) is 22.7 Å². The maximum Gasteiger partial charge on any atom is 0.332 e. The van der Waals surface area contributed by atoms with Gasteiger partial charge in [0.15, 0.2) is 5.54 Å². The summed E-state index contributed by atoms with van der Waals surface area (Å²) in [6.45, 7) is 0.163. The van der Waals surface area contributed by atoms with E-state index in [-0.39, 0.29) is 25.3 Å². The molecule has 6 nitrogen and oxygen atoms in total. The van der Waals surface area contributed by atoms with Crippen LogP contribution in [0.25, 0.3) is 0 Å². The summed E-state index contributed by atoms with van der Waals surface area (Å²) in [6.07, 6.45) is 0.181. The zero-order valence-electron chi connectivity index (χ0n) is 10.3. The fraction of sp³-hybridized carbons (Fsp3) is 0.333. The van der Waals surface area contributed by atoms with Crippen LogP contribution in [0.5, 0.6) is 0 Å². The van der Waals surface area contributed by atoms with Gasteiger partial charge in [-0.25, -0.2) is 14.0 Å². The molecule has 0 spiro atoms. The molecule has 1 saturated heterocycles. The number of carbonyl (C=O) groups is 2. The van der Waals surface area contributed by atoms with Crippen LogP contribution in [0.1, 0.15) is 6.42 Å². The van der Waals surface area contributed by atoms with E-state index in [0.29, 0.717) is 4.47 Å². The molecule has 20 heavy (non-hydrogen) atoms. The number of benzene rings is 1. The predicted octanol–water partition coefficient (Wildman–Crippen LogP) is 1.95. The van der Waals surface area contributed by atoms with E-state index in [4.69, 9.17) is 4.74 Å². The zero-order valence-corrected chi connectivity index (χ0v) is 11.9. The summed E-state index contributed by atoms with van der Waals surface area (Å²) in [4.78, 5) is 23.1. The number of amides is 2. The van der Waals surface area contributed by atoms with Gasteiger partial charge in [-0.1, -0.05) is 0 Å². The van der Waals surface area contributed by atoms with Gasteiger partial charge in [-0.15, -0.1) is 0 Å². The normalized spacial score (nSPS) is 21.5. The fourth-order valence-electron chi connectivity index (χ4n) is 1.85. The van der Waals surface area contributed by atoms with Gasteiger partial charge in [0.25, 0.3) is 0 Å². The SMILES string of the molecule is O=C(Nc1cc(F)ccc1Br)NC1(C(=O)O)CCOC1. The van der Waals surface area contributed by atoms with Crippen molar-refractivity contribution in [2.45, 2.75) is 12.0 Å². The Labute approximate surface area is 122 Å². The number of ether oxygens (including phenoxy) is 1. The topological polar surface area (TPSA) is 87.7 Å². The largest absolute Gasteiger partial charge is 0.479 e. The van der Waals surface area contributed by atoms with E-state index in [1.54, 1.807) is 0 Å². The highest BCUT2D eigenvalue weighted by Gasteiger charge is 2.44. The van der Waals surface area contributed by atoms with Gasteiger partial charge in [0.2, 0.25) is 0 Å². The molecule has 8 heteroatoms. The molecule has 1 aromatic carbocycles. The third-order valence-corrected chi connectivity index (χ3v) is 3.65. The Hall–Kier alpha value is -1.67. The van der Waals surface area contributed by atoms with Crippen LogP contribution in [0.4, 0.5) is 14.9 Å². The number of hydrogen-bond donors (Lipinski definition) is 3. The number of carbonyl (C=O) groups excluding carboxylic acids is 1. The van der Waals surface area contributed by atoms with Crippen molar-refractivity contribution in [2.24, 2.45) is 0 Å². The molecule has 1 aliphatic rings. The summed E-state index contributed by atoms with van der Waals surface area (Å²) in [5.41, 5.74) is -1.23. The van der Waals surface area contributed by atoms with E-state index in [1.807, 2.05) is 0 Å². The van der Waals surface area contributed by atoms with Crippen LogP contribution in [-0.2, 0) is 9.53 Å². The number of urea groups is 1. The van der Waals surface area contributed by atoms with Crippen LogP contribution in [0.3, 0.4) is 0 Å². The molecule has 0 saturated carbocycles. The summed E-state index contributed by atoms with van der Waals surface area (Å²) in [7, 11) is 0. The lowest BCUT2D eigenvalue weighted by molar-refractivity contribution is -0.144. The van der Waals surface area contributed by atoms with Gasteiger partial charge in [-0.3, -0.25) is 0 Å². The van der Waals surface area contributed by atoms with E-state index < -0.39 is 23.4 Å². The van der Waals surface area contributed by atoms with Crippen molar-refractivity contribution < 1.29 is 23.8 Å². The summed E-state index contributed by atoms with van der Waals surface area (Å²) in [6, 6.07) is 3.07. The molecular weight excluding hydrogens is 335 g/mol. The predicted molar refractivity (Wildman–Crippen MR) is 72.1 cm³/mol. The smallest absolute Gasteiger partial charge is 0.332 e. The summed E-state index contributed by atoms with van der Waals surface area (Å²) < 4.78 is 18.6. The lowest BCUT2D eigenvalue weighted by atomic mass is 9.99. The number of rotatable bonds is 3. The summed E-state index contributed by atoms with van der Waals surface area (Å²) >= 11 is 3.16.